The molecule has 0 amide bonds. The average Bonchev–Trinajstić information content (AvgIpc) is 2.77. The highest BCUT2D eigenvalue weighted by atomic mass is 16.7. The number of carboxylic acids is 1. The molecule has 0 spiro atoms. The Morgan fingerprint density at radius 1 is 1.40 bits per heavy atom. The number of ether oxygens (including phenoxy) is 1. The predicted octanol–water partition coefficient (Wildman–Crippen LogP) is 1.40. The van der Waals surface area contributed by atoms with Gasteiger partial charge in [0.25, 0.3) is 0 Å². The number of nitrogens with zero attached hydrogens (tertiary/aromatic N) is 3. The molecule has 0 unspecified atom stereocenters. The molecule has 0 radical (unpaired) electrons. The van der Waals surface area contributed by atoms with Crippen LogP contribution in [0.5, 0.6) is 0 Å². The van der Waals surface area contributed by atoms with Crippen LogP contribution in [0.3, 0.4) is 0 Å². The molecule has 1 aliphatic carbocycles. The molecule has 0 bridgehead atoms. The van der Waals surface area contributed by atoms with Gasteiger partial charge in [-0.1, -0.05) is 0 Å². The molecule has 1 aliphatic rings. The monoisotopic (exact) mass is 289 g/mol. The van der Waals surface area contributed by atoms with Gasteiger partial charge in [0.1, 0.15) is 0 Å². The third kappa shape index (κ3) is 3.96. The summed E-state index contributed by atoms with van der Waals surface area (Å²) in [5.74, 6) is -1.41. The first-order valence-electron chi connectivity index (χ1n) is 6.50. The topological polar surface area (TPSA) is 97.4 Å². The van der Waals surface area contributed by atoms with Gasteiger partial charge < -0.3 is 19.9 Å². The maximum Gasteiger partial charge on any atom is 0.306 e. The molecule has 0 aliphatic heterocycles. The summed E-state index contributed by atoms with van der Waals surface area (Å²) < 4.78 is 5.18. The lowest BCUT2D eigenvalue weighted by Gasteiger charge is -2.26. The van der Waals surface area contributed by atoms with Crippen molar-refractivity contribution >= 4 is 5.97 Å². The SMILES string of the molecule is CO[C@@H]1C[C@@H](C(=O)O)C[C@H]1O/N=[N+](/[O-])N(C)C(C)(C)C. The fourth-order valence-electron chi connectivity index (χ4n) is 1.93. The van der Waals surface area contributed by atoms with E-state index in [1.165, 1.54) is 12.1 Å². The van der Waals surface area contributed by atoms with Crippen molar-refractivity contribution in [1.29, 1.82) is 0 Å². The third-order valence-corrected chi connectivity index (χ3v) is 3.58. The minimum atomic E-state index is -0.885. The van der Waals surface area contributed by atoms with Crippen LogP contribution >= 0.6 is 0 Å². The first-order chi connectivity index (χ1) is 9.16. The molecule has 1 rings (SSSR count). The van der Waals surface area contributed by atoms with Crippen LogP contribution in [0.15, 0.2) is 5.28 Å². The van der Waals surface area contributed by atoms with Crippen molar-refractivity contribution in [1.82, 2.24) is 5.01 Å². The van der Waals surface area contributed by atoms with Gasteiger partial charge in [0.2, 0.25) is 5.28 Å². The first-order valence-corrected chi connectivity index (χ1v) is 6.50. The summed E-state index contributed by atoms with van der Waals surface area (Å²) in [6.45, 7) is 5.59. The van der Waals surface area contributed by atoms with E-state index in [9.17, 15) is 10.0 Å². The summed E-state index contributed by atoms with van der Waals surface area (Å²) in [6.07, 6.45) is -0.246. The van der Waals surface area contributed by atoms with E-state index in [-0.39, 0.29) is 12.5 Å². The Hall–Kier alpha value is -1.57. The van der Waals surface area contributed by atoms with E-state index in [0.717, 1.165) is 0 Å². The highest BCUT2D eigenvalue weighted by molar-refractivity contribution is 5.70. The van der Waals surface area contributed by atoms with Crippen molar-refractivity contribution in [2.75, 3.05) is 14.2 Å². The normalized spacial score (nSPS) is 27.4. The molecule has 0 aromatic carbocycles. The van der Waals surface area contributed by atoms with E-state index in [0.29, 0.717) is 11.4 Å². The fraction of sp³-hybridized carbons (Fsp3) is 0.917. The number of hydrogen-bond acceptors (Lipinski definition) is 5. The number of hydrazine groups is 1. The maximum atomic E-state index is 11.8. The van der Waals surface area contributed by atoms with Crippen LogP contribution < -0.4 is 0 Å². The number of rotatable bonds is 5. The molecule has 3 atom stereocenters. The quantitative estimate of drug-likeness (QED) is 0.467. The second-order valence-electron chi connectivity index (χ2n) is 5.95. The van der Waals surface area contributed by atoms with Gasteiger partial charge in [0.15, 0.2) is 6.10 Å². The zero-order valence-electron chi connectivity index (χ0n) is 12.6. The fourth-order valence-corrected chi connectivity index (χ4v) is 1.93. The van der Waals surface area contributed by atoms with Gasteiger partial charge in [-0.3, -0.25) is 4.79 Å². The molecule has 0 aromatic rings. The van der Waals surface area contributed by atoms with Crippen molar-refractivity contribution in [2.24, 2.45) is 11.2 Å². The predicted molar refractivity (Wildman–Crippen MR) is 69.6 cm³/mol. The van der Waals surface area contributed by atoms with Crippen LogP contribution in [0.2, 0.25) is 0 Å². The zero-order chi connectivity index (χ0) is 15.5. The Kier molecular flexibility index (Phi) is 5.15. The van der Waals surface area contributed by atoms with Crippen molar-refractivity contribution in [2.45, 2.75) is 51.4 Å². The van der Waals surface area contributed by atoms with Crippen LogP contribution in [0, 0.1) is 11.1 Å². The van der Waals surface area contributed by atoms with Crippen LogP contribution in [-0.4, -0.2) is 53.0 Å². The number of carbonyl (C=O) groups is 1. The molecule has 8 nitrogen and oxygen atoms in total. The number of aliphatic carboxylic acids is 1. The maximum absolute atomic E-state index is 11.8. The van der Waals surface area contributed by atoms with Crippen LogP contribution in [-0.2, 0) is 14.4 Å². The first kappa shape index (κ1) is 16.5. The lowest BCUT2D eigenvalue weighted by atomic mass is 10.1. The summed E-state index contributed by atoms with van der Waals surface area (Å²) >= 11 is 0. The highest BCUT2D eigenvalue weighted by Gasteiger charge is 2.40. The molecule has 8 heteroatoms. The van der Waals surface area contributed by atoms with E-state index in [4.69, 9.17) is 14.7 Å². The Morgan fingerprint density at radius 2 is 1.95 bits per heavy atom. The standard InChI is InChI=1S/C12H23N3O5/c1-12(2,3)14(4)15(18)13-20-10-7-8(11(16)17)6-9(10)19-5/h8-10H,6-7H2,1-5H3,(H,16,17)/b15-13+/t8-,9-,10-/m1/s1. The number of carboxylic acid groups (broad SMARTS) is 1. The van der Waals surface area contributed by atoms with Gasteiger partial charge in [-0.15, -0.1) is 5.01 Å². The molecule has 0 heterocycles. The Labute approximate surface area is 118 Å². The molecule has 1 N–H and O–H groups in total. The molecular formula is C12H23N3O5. The number of methoxy groups -OCH3 is 1. The van der Waals surface area contributed by atoms with Gasteiger partial charge in [-0.05, 0) is 27.2 Å². The summed E-state index contributed by atoms with van der Waals surface area (Å²) in [4.78, 5) is 16.5. The molecule has 0 saturated heterocycles. The minimum absolute atomic E-state index is 0.282. The van der Waals surface area contributed by atoms with Crippen molar-refractivity contribution in [3.63, 3.8) is 0 Å². The molecule has 20 heavy (non-hydrogen) atoms. The molecular weight excluding hydrogens is 266 g/mol. The molecule has 1 saturated carbocycles. The van der Waals surface area contributed by atoms with Crippen molar-refractivity contribution in [3.8, 4) is 0 Å². The average molecular weight is 289 g/mol. The summed E-state index contributed by atoms with van der Waals surface area (Å²) in [5, 5.41) is 25.6. The summed E-state index contributed by atoms with van der Waals surface area (Å²) in [6, 6.07) is 0. The Bertz CT molecular complexity index is 380. The molecule has 1 fully saturated rings. The Morgan fingerprint density at radius 3 is 2.40 bits per heavy atom. The Balaban J connectivity index is 2.66. The third-order valence-electron chi connectivity index (χ3n) is 3.58. The second kappa shape index (κ2) is 6.25. The van der Waals surface area contributed by atoms with Gasteiger partial charge in [0, 0.05) is 13.5 Å². The van der Waals surface area contributed by atoms with Gasteiger partial charge in [-0.2, -0.15) is 0 Å². The van der Waals surface area contributed by atoms with E-state index >= 15 is 0 Å². The lowest BCUT2D eigenvalue weighted by Crippen LogP contribution is -2.42. The largest absolute Gasteiger partial charge is 0.569 e. The van der Waals surface area contributed by atoms with E-state index in [1.807, 2.05) is 20.8 Å². The van der Waals surface area contributed by atoms with E-state index < -0.39 is 23.5 Å². The zero-order valence-corrected chi connectivity index (χ0v) is 12.6. The molecule has 116 valence electrons. The van der Waals surface area contributed by atoms with Crippen LogP contribution in [0.25, 0.3) is 0 Å². The lowest BCUT2D eigenvalue weighted by molar-refractivity contribution is -0.720. The van der Waals surface area contributed by atoms with E-state index in [2.05, 4.69) is 5.28 Å². The smallest absolute Gasteiger partial charge is 0.306 e. The second-order valence-corrected chi connectivity index (χ2v) is 5.95. The van der Waals surface area contributed by atoms with E-state index in [1.54, 1.807) is 7.05 Å². The van der Waals surface area contributed by atoms with Crippen molar-refractivity contribution < 1.29 is 24.4 Å². The minimum Gasteiger partial charge on any atom is -0.569 e. The van der Waals surface area contributed by atoms with Gasteiger partial charge in [-0.25, -0.2) is 0 Å². The highest BCUT2D eigenvalue weighted by Crippen LogP contribution is 2.30. The summed E-state index contributed by atoms with van der Waals surface area (Å²) in [5.41, 5.74) is -0.394. The van der Waals surface area contributed by atoms with Crippen LogP contribution in [0.1, 0.15) is 33.6 Å². The molecule has 0 aromatic heterocycles. The van der Waals surface area contributed by atoms with Gasteiger partial charge >= 0.3 is 5.97 Å². The van der Waals surface area contributed by atoms with Crippen LogP contribution in [0.4, 0.5) is 0 Å². The van der Waals surface area contributed by atoms with Gasteiger partial charge in [0.05, 0.1) is 29.6 Å². The van der Waals surface area contributed by atoms with Crippen molar-refractivity contribution in [3.05, 3.63) is 5.21 Å². The summed E-state index contributed by atoms with van der Waals surface area (Å²) in [7, 11) is 3.09. The number of hydrogen-bond donors (Lipinski definition) is 1.